The van der Waals surface area contributed by atoms with Crippen molar-refractivity contribution < 1.29 is 9.18 Å². The minimum absolute atomic E-state index is 0.0442. The van der Waals surface area contributed by atoms with E-state index < -0.39 is 5.82 Å². The molecular formula is C16H21FN2O. The van der Waals surface area contributed by atoms with Gasteiger partial charge in [-0.3, -0.25) is 4.79 Å². The fraction of sp³-hybridized carbons (Fsp3) is 0.562. The quantitative estimate of drug-likeness (QED) is 0.863. The summed E-state index contributed by atoms with van der Waals surface area (Å²) in [6.45, 7) is 0.760. The van der Waals surface area contributed by atoms with Gasteiger partial charge < -0.3 is 10.6 Å². The van der Waals surface area contributed by atoms with E-state index in [4.69, 9.17) is 5.73 Å². The lowest BCUT2D eigenvalue weighted by Crippen LogP contribution is -2.34. The number of hydrogen-bond donors (Lipinski definition) is 1. The number of hydrogen-bond acceptors (Lipinski definition) is 2. The smallest absolute Gasteiger partial charge is 0.255 e. The topological polar surface area (TPSA) is 46.3 Å². The highest BCUT2D eigenvalue weighted by atomic mass is 19.1. The van der Waals surface area contributed by atoms with Crippen LogP contribution in [0.3, 0.4) is 0 Å². The van der Waals surface area contributed by atoms with E-state index in [-0.39, 0.29) is 17.2 Å². The number of nitrogen functional groups attached to an aromatic ring is 1. The molecule has 2 bridgehead atoms. The number of nitrogens with zero attached hydrogens (tertiary/aromatic N) is 1. The lowest BCUT2D eigenvalue weighted by molar-refractivity contribution is 0.0755. The summed E-state index contributed by atoms with van der Waals surface area (Å²) in [5.41, 5.74) is 5.90. The number of fused-ring (bicyclic) bond motifs is 2. The lowest BCUT2D eigenvalue weighted by Gasteiger charge is -2.27. The first-order valence-electron chi connectivity index (χ1n) is 7.35. The predicted molar refractivity (Wildman–Crippen MR) is 76.7 cm³/mol. The van der Waals surface area contributed by atoms with Gasteiger partial charge >= 0.3 is 0 Å². The highest BCUT2D eigenvalue weighted by molar-refractivity contribution is 5.99. The van der Waals surface area contributed by atoms with Crippen LogP contribution in [0.1, 0.15) is 36.0 Å². The van der Waals surface area contributed by atoms with Crippen LogP contribution in [0.5, 0.6) is 0 Å². The molecular weight excluding hydrogens is 255 g/mol. The minimum atomic E-state index is -0.524. The summed E-state index contributed by atoms with van der Waals surface area (Å²) in [5.74, 6) is 1.55. The molecule has 20 heavy (non-hydrogen) atoms. The summed E-state index contributed by atoms with van der Waals surface area (Å²) in [6, 6.07) is 4.41. The zero-order valence-electron chi connectivity index (χ0n) is 11.8. The highest BCUT2D eigenvalue weighted by Crippen LogP contribution is 2.48. The summed E-state index contributed by atoms with van der Waals surface area (Å²) in [4.78, 5) is 14.1. The van der Waals surface area contributed by atoms with Crippen LogP contribution in [0.2, 0.25) is 0 Å². The molecule has 0 spiro atoms. The average Bonchev–Trinajstić information content (AvgIpc) is 3.03. The number of nitrogens with two attached hydrogens (primary N) is 1. The Morgan fingerprint density at radius 3 is 2.85 bits per heavy atom. The standard InChI is InChI=1S/C16H21FN2O/c1-19(9-12-8-10-5-6-11(12)7-10)16(20)13-3-2-4-14(17)15(13)18/h2-4,10-12H,5-9,18H2,1H3. The van der Waals surface area contributed by atoms with Gasteiger partial charge in [-0.25, -0.2) is 4.39 Å². The van der Waals surface area contributed by atoms with Crippen LogP contribution < -0.4 is 5.73 Å². The molecule has 2 aliphatic rings. The number of amides is 1. The van der Waals surface area contributed by atoms with Gasteiger partial charge in [0.25, 0.3) is 5.91 Å². The summed E-state index contributed by atoms with van der Waals surface area (Å²) in [5, 5.41) is 0. The van der Waals surface area contributed by atoms with Gasteiger partial charge in [-0.1, -0.05) is 12.5 Å². The second kappa shape index (κ2) is 5.08. The van der Waals surface area contributed by atoms with E-state index in [1.165, 1.54) is 37.8 Å². The number of halogens is 1. The molecule has 2 aliphatic carbocycles. The third kappa shape index (κ3) is 2.28. The lowest BCUT2D eigenvalue weighted by atomic mass is 9.88. The van der Waals surface area contributed by atoms with Crippen molar-refractivity contribution in [1.82, 2.24) is 4.90 Å². The monoisotopic (exact) mass is 276 g/mol. The van der Waals surface area contributed by atoms with Crippen molar-refractivity contribution in [2.45, 2.75) is 25.7 Å². The second-order valence-corrected chi connectivity index (χ2v) is 6.32. The molecule has 2 fully saturated rings. The van der Waals surface area contributed by atoms with Crippen molar-refractivity contribution in [2.24, 2.45) is 17.8 Å². The zero-order valence-corrected chi connectivity index (χ0v) is 11.8. The number of carbonyl (C=O) groups is 1. The molecule has 3 unspecified atom stereocenters. The summed E-state index contributed by atoms with van der Waals surface area (Å²) >= 11 is 0. The fourth-order valence-corrected chi connectivity index (χ4v) is 3.96. The van der Waals surface area contributed by atoms with Gasteiger partial charge in [0.05, 0.1) is 11.3 Å². The first kappa shape index (κ1) is 13.4. The molecule has 2 N–H and O–H groups in total. The maximum Gasteiger partial charge on any atom is 0.255 e. The van der Waals surface area contributed by atoms with Crippen molar-refractivity contribution in [3.05, 3.63) is 29.6 Å². The van der Waals surface area contributed by atoms with E-state index >= 15 is 0 Å². The van der Waals surface area contributed by atoms with E-state index in [2.05, 4.69) is 0 Å². The highest BCUT2D eigenvalue weighted by Gasteiger charge is 2.40. The molecule has 0 radical (unpaired) electrons. The molecule has 0 aromatic heterocycles. The van der Waals surface area contributed by atoms with Crippen molar-refractivity contribution >= 4 is 11.6 Å². The van der Waals surface area contributed by atoms with E-state index in [9.17, 15) is 9.18 Å². The molecule has 1 aromatic carbocycles. The van der Waals surface area contributed by atoms with Crippen molar-refractivity contribution in [3.8, 4) is 0 Å². The van der Waals surface area contributed by atoms with Gasteiger partial charge in [-0.05, 0) is 49.1 Å². The van der Waals surface area contributed by atoms with Gasteiger partial charge in [0, 0.05) is 13.6 Å². The predicted octanol–water partition coefficient (Wildman–Crippen LogP) is 2.92. The van der Waals surface area contributed by atoms with Crippen LogP contribution in [0.25, 0.3) is 0 Å². The Hall–Kier alpha value is -1.58. The molecule has 2 saturated carbocycles. The molecule has 1 aromatic rings. The van der Waals surface area contributed by atoms with E-state index in [0.29, 0.717) is 5.92 Å². The summed E-state index contributed by atoms with van der Waals surface area (Å²) < 4.78 is 13.4. The number of para-hydroxylation sites is 1. The van der Waals surface area contributed by atoms with Gasteiger partial charge in [0.15, 0.2) is 0 Å². The molecule has 108 valence electrons. The fourth-order valence-electron chi connectivity index (χ4n) is 3.96. The van der Waals surface area contributed by atoms with Crippen LogP contribution in [0.15, 0.2) is 18.2 Å². The molecule has 0 saturated heterocycles. The molecule has 0 aliphatic heterocycles. The van der Waals surface area contributed by atoms with Gasteiger partial charge in [0.2, 0.25) is 0 Å². The van der Waals surface area contributed by atoms with Crippen molar-refractivity contribution in [1.29, 1.82) is 0 Å². The molecule has 3 atom stereocenters. The van der Waals surface area contributed by atoms with Crippen LogP contribution in [-0.2, 0) is 0 Å². The molecule has 3 nitrogen and oxygen atoms in total. The molecule has 0 heterocycles. The third-order valence-electron chi connectivity index (χ3n) is 5.02. The Morgan fingerprint density at radius 1 is 1.40 bits per heavy atom. The largest absolute Gasteiger partial charge is 0.396 e. The van der Waals surface area contributed by atoms with Gasteiger partial charge in [0.1, 0.15) is 5.82 Å². The van der Waals surface area contributed by atoms with E-state index in [0.717, 1.165) is 18.4 Å². The Morgan fingerprint density at radius 2 is 2.20 bits per heavy atom. The molecule has 4 heteroatoms. The van der Waals surface area contributed by atoms with E-state index in [1.54, 1.807) is 18.0 Å². The Bertz CT molecular complexity index is 531. The van der Waals surface area contributed by atoms with Crippen LogP contribution in [0, 0.1) is 23.6 Å². The van der Waals surface area contributed by atoms with Gasteiger partial charge in [-0.15, -0.1) is 0 Å². The SMILES string of the molecule is CN(CC1CC2CCC1C2)C(=O)c1cccc(F)c1N. The van der Waals surface area contributed by atoms with Crippen LogP contribution in [0.4, 0.5) is 10.1 Å². The number of carbonyl (C=O) groups excluding carboxylic acids is 1. The Labute approximate surface area is 118 Å². The normalized spacial score (nSPS) is 27.8. The van der Waals surface area contributed by atoms with E-state index in [1.807, 2.05) is 0 Å². The maximum absolute atomic E-state index is 13.4. The van der Waals surface area contributed by atoms with Crippen molar-refractivity contribution in [3.63, 3.8) is 0 Å². The van der Waals surface area contributed by atoms with Crippen LogP contribution in [-0.4, -0.2) is 24.4 Å². The number of anilines is 1. The Balaban J connectivity index is 1.69. The maximum atomic E-state index is 13.4. The molecule has 1 amide bonds. The number of rotatable bonds is 3. The van der Waals surface area contributed by atoms with Crippen LogP contribution >= 0.6 is 0 Å². The first-order valence-corrected chi connectivity index (χ1v) is 7.35. The van der Waals surface area contributed by atoms with Crippen molar-refractivity contribution in [2.75, 3.05) is 19.3 Å². The Kier molecular flexibility index (Phi) is 3.40. The molecule has 3 rings (SSSR count). The minimum Gasteiger partial charge on any atom is -0.396 e. The van der Waals surface area contributed by atoms with Gasteiger partial charge in [-0.2, -0.15) is 0 Å². The third-order valence-corrected chi connectivity index (χ3v) is 5.02. The summed E-state index contributed by atoms with van der Waals surface area (Å²) in [6.07, 6.45) is 5.23. The average molecular weight is 276 g/mol. The zero-order chi connectivity index (χ0) is 14.3. The number of benzene rings is 1. The second-order valence-electron chi connectivity index (χ2n) is 6.32. The summed E-state index contributed by atoms with van der Waals surface area (Å²) in [7, 11) is 1.79. The first-order chi connectivity index (χ1) is 9.56.